The van der Waals surface area contributed by atoms with Crippen LogP contribution in [0.15, 0.2) is 41.1 Å². The number of carbonyl (C=O) groups is 1. The van der Waals surface area contributed by atoms with Crippen molar-refractivity contribution in [2.24, 2.45) is 0 Å². The van der Waals surface area contributed by atoms with E-state index in [1.807, 2.05) is 12.1 Å². The molecule has 6 heteroatoms. The van der Waals surface area contributed by atoms with Gasteiger partial charge in [-0.2, -0.15) is 5.10 Å². The van der Waals surface area contributed by atoms with Crippen molar-refractivity contribution < 1.29 is 4.79 Å². The molecule has 0 saturated heterocycles. The van der Waals surface area contributed by atoms with E-state index >= 15 is 0 Å². The van der Waals surface area contributed by atoms with Crippen molar-refractivity contribution in [2.45, 2.75) is 19.4 Å². The number of nitrogens with zero attached hydrogens (tertiary/aromatic N) is 2. The third kappa shape index (κ3) is 2.98. The molecule has 0 spiro atoms. The maximum absolute atomic E-state index is 12.4. The number of anilines is 1. The Balaban J connectivity index is 2.22. The lowest BCUT2D eigenvalue weighted by molar-refractivity contribution is -0.123. The van der Waals surface area contributed by atoms with E-state index in [0.717, 1.165) is 4.47 Å². The first-order chi connectivity index (χ1) is 8.91. The normalized spacial score (nSPS) is 11.4. The van der Waals surface area contributed by atoms with E-state index in [-0.39, 0.29) is 5.91 Å². The highest BCUT2D eigenvalue weighted by Gasteiger charge is 2.31. The van der Waals surface area contributed by atoms with Crippen molar-refractivity contribution in [1.29, 1.82) is 0 Å². The molecule has 0 unspecified atom stereocenters. The van der Waals surface area contributed by atoms with E-state index in [4.69, 9.17) is 11.6 Å². The maximum Gasteiger partial charge on any atom is 0.251 e. The van der Waals surface area contributed by atoms with Gasteiger partial charge >= 0.3 is 0 Å². The van der Waals surface area contributed by atoms with Crippen LogP contribution in [0.3, 0.4) is 0 Å². The van der Waals surface area contributed by atoms with Crippen molar-refractivity contribution in [3.63, 3.8) is 0 Å². The van der Waals surface area contributed by atoms with Gasteiger partial charge < -0.3 is 5.32 Å². The Morgan fingerprint density at radius 2 is 2.11 bits per heavy atom. The Morgan fingerprint density at radius 3 is 2.68 bits per heavy atom. The molecule has 0 aliphatic rings. The number of halogens is 2. The molecule has 1 amide bonds. The first-order valence-corrected chi connectivity index (χ1v) is 6.85. The molecule has 0 aliphatic heterocycles. The molecule has 100 valence electrons. The zero-order valence-electron chi connectivity index (χ0n) is 10.5. The summed E-state index contributed by atoms with van der Waals surface area (Å²) in [7, 11) is 0. The Hall–Kier alpha value is -1.33. The van der Waals surface area contributed by atoms with Crippen molar-refractivity contribution in [1.82, 2.24) is 9.78 Å². The van der Waals surface area contributed by atoms with Crippen LogP contribution in [0.4, 0.5) is 5.69 Å². The molecule has 1 aromatic carbocycles. The summed E-state index contributed by atoms with van der Waals surface area (Å²) < 4.78 is 2.43. The minimum atomic E-state index is -0.814. The fourth-order valence-electron chi connectivity index (χ4n) is 1.55. The highest BCUT2D eigenvalue weighted by atomic mass is 79.9. The van der Waals surface area contributed by atoms with Crippen LogP contribution >= 0.6 is 27.5 Å². The van der Waals surface area contributed by atoms with Crippen molar-refractivity contribution in [3.05, 3.63) is 46.2 Å². The first-order valence-electron chi connectivity index (χ1n) is 5.68. The second-order valence-corrected chi connectivity index (χ2v) is 5.92. The van der Waals surface area contributed by atoms with Gasteiger partial charge in [0, 0.05) is 6.20 Å². The molecule has 4 nitrogen and oxygen atoms in total. The van der Waals surface area contributed by atoms with Gasteiger partial charge in [-0.25, -0.2) is 0 Å². The summed E-state index contributed by atoms with van der Waals surface area (Å²) in [5.41, 5.74) is -0.223. The van der Waals surface area contributed by atoms with Gasteiger partial charge in [-0.15, -0.1) is 0 Å². The fraction of sp³-hybridized carbons (Fsp3) is 0.231. The number of para-hydroxylation sites is 1. The molecular formula is C13H13BrClN3O. The zero-order chi connectivity index (χ0) is 14.0. The minimum absolute atomic E-state index is 0.184. The van der Waals surface area contributed by atoms with Crippen LogP contribution in [0.5, 0.6) is 0 Å². The van der Waals surface area contributed by atoms with Gasteiger partial charge in [-0.05, 0) is 41.9 Å². The lowest BCUT2D eigenvalue weighted by Gasteiger charge is -2.24. The van der Waals surface area contributed by atoms with E-state index in [0.29, 0.717) is 10.7 Å². The van der Waals surface area contributed by atoms with Crippen LogP contribution < -0.4 is 5.32 Å². The maximum atomic E-state index is 12.4. The van der Waals surface area contributed by atoms with Crippen LogP contribution in [-0.2, 0) is 10.3 Å². The fourth-order valence-corrected chi connectivity index (χ4v) is 2.02. The number of benzene rings is 1. The van der Waals surface area contributed by atoms with Gasteiger partial charge in [0.1, 0.15) is 5.54 Å². The molecule has 0 fully saturated rings. The summed E-state index contributed by atoms with van der Waals surface area (Å²) in [4.78, 5) is 12.4. The topological polar surface area (TPSA) is 46.9 Å². The summed E-state index contributed by atoms with van der Waals surface area (Å²) in [5, 5.41) is 7.47. The third-order valence-corrected chi connectivity index (χ3v) is 3.54. The quantitative estimate of drug-likeness (QED) is 0.925. The summed E-state index contributed by atoms with van der Waals surface area (Å²) in [5.74, 6) is -0.184. The first kappa shape index (κ1) is 14.1. The van der Waals surface area contributed by atoms with Gasteiger partial charge in [0.2, 0.25) is 0 Å². The largest absolute Gasteiger partial charge is 0.323 e. The standard InChI is InChI=1S/C13H13BrClN3O/c1-13(2,18-8-9(14)7-16-18)12(19)17-11-6-4-3-5-10(11)15/h3-8H,1-2H3,(H,17,19). The van der Waals surface area contributed by atoms with Gasteiger partial charge in [0.25, 0.3) is 5.91 Å². The summed E-state index contributed by atoms with van der Waals surface area (Å²) in [6, 6.07) is 7.12. The smallest absolute Gasteiger partial charge is 0.251 e. The highest BCUT2D eigenvalue weighted by Crippen LogP contribution is 2.24. The number of hydrogen-bond donors (Lipinski definition) is 1. The Bertz CT molecular complexity index is 609. The van der Waals surface area contributed by atoms with Crippen LogP contribution in [0.2, 0.25) is 5.02 Å². The monoisotopic (exact) mass is 341 g/mol. The molecule has 0 bridgehead atoms. The molecule has 0 saturated carbocycles. The van der Waals surface area contributed by atoms with E-state index in [2.05, 4.69) is 26.3 Å². The molecule has 1 aromatic heterocycles. The molecule has 1 heterocycles. The number of amides is 1. The van der Waals surface area contributed by atoms with Crippen LogP contribution in [0, 0.1) is 0 Å². The number of nitrogens with one attached hydrogen (secondary N) is 1. The number of hydrogen-bond acceptors (Lipinski definition) is 2. The zero-order valence-corrected chi connectivity index (χ0v) is 12.9. The van der Waals surface area contributed by atoms with Crippen molar-refractivity contribution in [3.8, 4) is 0 Å². The molecule has 0 aliphatic carbocycles. The molecule has 1 N–H and O–H groups in total. The van der Waals surface area contributed by atoms with Crippen LogP contribution in [-0.4, -0.2) is 15.7 Å². The lowest BCUT2D eigenvalue weighted by atomic mass is 10.0. The molecule has 19 heavy (non-hydrogen) atoms. The highest BCUT2D eigenvalue weighted by molar-refractivity contribution is 9.10. The molecule has 0 atom stereocenters. The number of rotatable bonds is 3. The van der Waals surface area contributed by atoms with Crippen LogP contribution in [0.25, 0.3) is 0 Å². The predicted octanol–water partition coefficient (Wildman–Crippen LogP) is 3.67. The molecular weight excluding hydrogens is 330 g/mol. The average Bonchev–Trinajstić information content (AvgIpc) is 2.79. The van der Waals surface area contributed by atoms with E-state index in [9.17, 15) is 4.79 Å². The van der Waals surface area contributed by atoms with Crippen LogP contribution in [0.1, 0.15) is 13.8 Å². The molecule has 0 radical (unpaired) electrons. The second kappa shape index (κ2) is 5.35. The van der Waals surface area contributed by atoms with Gasteiger partial charge in [-0.1, -0.05) is 23.7 Å². The van der Waals surface area contributed by atoms with Gasteiger partial charge in [0.15, 0.2) is 0 Å². The molecule has 2 aromatic rings. The lowest BCUT2D eigenvalue weighted by Crippen LogP contribution is -2.40. The van der Waals surface area contributed by atoms with Gasteiger partial charge in [0.05, 0.1) is 21.4 Å². The molecule has 2 rings (SSSR count). The average molecular weight is 343 g/mol. The SMILES string of the molecule is CC(C)(C(=O)Nc1ccccc1Cl)n1cc(Br)cn1. The minimum Gasteiger partial charge on any atom is -0.323 e. The summed E-state index contributed by atoms with van der Waals surface area (Å²) >= 11 is 9.34. The Morgan fingerprint density at radius 1 is 1.42 bits per heavy atom. The van der Waals surface area contributed by atoms with E-state index in [1.54, 1.807) is 43.1 Å². The summed E-state index contributed by atoms with van der Waals surface area (Å²) in [6.45, 7) is 3.58. The predicted molar refractivity (Wildman–Crippen MR) is 79.3 cm³/mol. The number of carbonyl (C=O) groups excluding carboxylic acids is 1. The second-order valence-electron chi connectivity index (χ2n) is 4.60. The number of aromatic nitrogens is 2. The Kier molecular flexibility index (Phi) is 3.96. The van der Waals surface area contributed by atoms with E-state index in [1.165, 1.54) is 0 Å². The van der Waals surface area contributed by atoms with Gasteiger partial charge in [-0.3, -0.25) is 9.48 Å². The third-order valence-electron chi connectivity index (χ3n) is 2.80. The summed E-state index contributed by atoms with van der Waals surface area (Å²) in [6.07, 6.45) is 3.40. The Labute approximate surface area is 124 Å². The van der Waals surface area contributed by atoms with Crippen molar-refractivity contribution >= 4 is 39.1 Å². The van der Waals surface area contributed by atoms with E-state index < -0.39 is 5.54 Å². The van der Waals surface area contributed by atoms with Crippen molar-refractivity contribution in [2.75, 3.05) is 5.32 Å².